The van der Waals surface area contributed by atoms with Gasteiger partial charge in [0, 0.05) is 30.4 Å². The number of fused-ring (bicyclic) bond motifs is 1. The molecule has 0 amide bonds. The maximum Gasteiger partial charge on any atom is 0.243 e. The Morgan fingerprint density at radius 2 is 1.78 bits per heavy atom. The minimum atomic E-state index is -3.50. The molecule has 1 aliphatic rings. The molecule has 1 saturated heterocycles. The third kappa shape index (κ3) is 3.45. The first kappa shape index (κ1) is 18.0. The highest BCUT2D eigenvalue weighted by atomic mass is 35.5. The Labute approximate surface area is 143 Å². The van der Waals surface area contributed by atoms with E-state index >= 15 is 0 Å². The largest absolute Gasteiger partial charge is 0.496 e. The summed E-state index contributed by atoms with van der Waals surface area (Å²) in [6.45, 7) is 2.60. The number of methoxy groups -OCH3 is 1. The lowest BCUT2D eigenvalue weighted by Crippen LogP contribution is -2.34. The molecule has 0 aromatic heterocycles. The van der Waals surface area contributed by atoms with Gasteiger partial charge in [-0.25, -0.2) is 8.42 Å². The number of sulfonamides is 1. The number of ether oxygens (including phenoxy) is 1. The monoisotopic (exact) mass is 356 g/mol. The topological polar surface area (TPSA) is 58.6 Å². The molecular weight excluding hydrogens is 336 g/mol. The van der Waals surface area contributed by atoms with E-state index in [0.29, 0.717) is 35.7 Å². The van der Waals surface area contributed by atoms with Crippen LogP contribution in [-0.2, 0) is 10.0 Å². The van der Waals surface area contributed by atoms with Crippen molar-refractivity contribution in [3.05, 3.63) is 36.4 Å². The molecule has 126 valence electrons. The van der Waals surface area contributed by atoms with E-state index in [1.807, 2.05) is 24.3 Å². The van der Waals surface area contributed by atoms with Crippen molar-refractivity contribution in [2.45, 2.75) is 11.3 Å². The molecule has 0 spiro atoms. The molecule has 0 unspecified atom stereocenters. The van der Waals surface area contributed by atoms with Crippen LogP contribution in [0.15, 0.2) is 41.3 Å². The molecule has 5 nitrogen and oxygen atoms in total. The molecule has 3 rings (SSSR count). The van der Waals surface area contributed by atoms with Gasteiger partial charge >= 0.3 is 0 Å². The summed E-state index contributed by atoms with van der Waals surface area (Å²) in [6, 6.07) is 10.8. The lowest BCUT2D eigenvalue weighted by molar-refractivity contribution is 0.419. The molecule has 7 heteroatoms. The average molecular weight is 357 g/mol. The number of benzene rings is 2. The predicted molar refractivity (Wildman–Crippen MR) is 94.0 cm³/mol. The molecule has 0 aliphatic carbocycles. The zero-order chi connectivity index (χ0) is 15.6. The van der Waals surface area contributed by atoms with E-state index in [4.69, 9.17) is 4.74 Å². The van der Waals surface area contributed by atoms with Gasteiger partial charge in [-0.15, -0.1) is 12.4 Å². The van der Waals surface area contributed by atoms with Crippen LogP contribution in [0.4, 0.5) is 0 Å². The van der Waals surface area contributed by atoms with Crippen LogP contribution in [0.5, 0.6) is 5.75 Å². The van der Waals surface area contributed by atoms with Gasteiger partial charge in [-0.2, -0.15) is 4.31 Å². The molecule has 0 radical (unpaired) electrons. The highest BCUT2D eigenvalue weighted by Gasteiger charge is 2.27. The van der Waals surface area contributed by atoms with E-state index in [2.05, 4.69) is 5.32 Å². The van der Waals surface area contributed by atoms with Crippen LogP contribution < -0.4 is 10.1 Å². The van der Waals surface area contributed by atoms with Gasteiger partial charge in [-0.1, -0.05) is 24.3 Å². The first-order valence-corrected chi connectivity index (χ1v) is 8.85. The molecule has 2 aromatic rings. The number of nitrogens with one attached hydrogen (secondary N) is 1. The van der Waals surface area contributed by atoms with Crippen molar-refractivity contribution in [1.29, 1.82) is 0 Å². The van der Waals surface area contributed by atoms with Crippen LogP contribution in [0.25, 0.3) is 10.8 Å². The lowest BCUT2D eigenvalue weighted by atomic mass is 10.1. The van der Waals surface area contributed by atoms with Crippen LogP contribution in [0.3, 0.4) is 0 Å². The molecule has 0 saturated carbocycles. The number of rotatable bonds is 3. The Kier molecular flexibility index (Phi) is 5.86. The lowest BCUT2D eigenvalue weighted by Gasteiger charge is -2.21. The van der Waals surface area contributed by atoms with E-state index < -0.39 is 10.0 Å². The van der Waals surface area contributed by atoms with E-state index in [0.717, 1.165) is 18.4 Å². The zero-order valence-electron chi connectivity index (χ0n) is 13.0. The van der Waals surface area contributed by atoms with Crippen molar-refractivity contribution in [3.8, 4) is 5.75 Å². The number of nitrogens with zero attached hydrogens (tertiary/aromatic N) is 1. The Balaban J connectivity index is 0.00000192. The standard InChI is InChI=1S/C16H20N2O3S.ClH/c1-21-15-7-8-16(14-6-3-2-5-13(14)15)22(19,20)18-11-4-9-17-10-12-18;/h2-3,5-8,17H,4,9-12H2,1H3;1H. The zero-order valence-corrected chi connectivity index (χ0v) is 14.6. The van der Waals surface area contributed by atoms with Crippen molar-refractivity contribution < 1.29 is 13.2 Å². The van der Waals surface area contributed by atoms with Crippen molar-refractivity contribution in [2.75, 3.05) is 33.3 Å². The van der Waals surface area contributed by atoms with E-state index in [1.165, 1.54) is 0 Å². The molecule has 23 heavy (non-hydrogen) atoms. The highest BCUT2D eigenvalue weighted by Crippen LogP contribution is 2.32. The summed E-state index contributed by atoms with van der Waals surface area (Å²) in [5.41, 5.74) is 0. The summed E-state index contributed by atoms with van der Waals surface area (Å²) in [4.78, 5) is 0.353. The molecular formula is C16H21ClN2O3S. The van der Waals surface area contributed by atoms with Gasteiger partial charge in [-0.3, -0.25) is 0 Å². The summed E-state index contributed by atoms with van der Waals surface area (Å²) >= 11 is 0. The predicted octanol–water partition coefficient (Wildman–Crippen LogP) is 2.25. The molecule has 1 fully saturated rings. The highest BCUT2D eigenvalue weighted by molar-refractivity contribution is 7.89. The van der Waals surface area contributed by atoms with Crippen molar-refractivity contribution >= 4 is 33.2 Å². The summed E-state index contributed by atoms with van der Waals surface area (Å²) in [6.07, 6.45) is 0.827. The normalized spacial score (nSPS) is 16.6. The third-order valence-electron chi connectivity index (χ3n) is 3.98. The smallest absolute Gasteiger partial charge is 0.243 e. The molecule has 1 heterocycles. The van der Waals surface area contributed by atoms with Gasteiger partial charge in [0.2, 0.25) is 10.0 Å². The molecule has 1 aliphatic heterocycles. The number of halogens is 1. The summed E-state index contributed by atoms with van der Waals surface area (Å²) in [7, 11) is -1.91. The van der Waals surface area contributed by atoms with Crippen LogP contribution in [0, 0.1) is 0 Å². The third-order valence-corrected chi connectivity index (χ3v) is 5.94. The van der Waals surface area contributed by atoms with E-state index in [1.54, 1.807) is 23.5 Å². The Bertz CT molecular complexity index is 772. The second-order valence-electron chi connectivity index (χ2n) is 5.32. The Morgan fingerprint density at radius 1 is 1.04 bits per heavy atom. The van der Waals surface area contributed by atoms with Crippen LogP contribution in [-0.4, -0.2) is 46.0 Å². The number of hydrogen-bond donors (Lipinski definition) is 1. The molecule has 0 atom stereocenters. The maximum absolute atomic E-state index is 13.0. The van der Waals surface area contributed by atoms with E-state index in [9.17, 15) is 8.42 Å². The summed E-state index contributed by atoms with van der Waals surface area (Å²) in [5.74, 6) is 0.687. The van der Waals surface area contributed by atoms with Crippen LogP contribution >= 0.6 is 12.4 Å². The van der Waals surface area contributed by atoms with Gasteiger partial charge in [0.25, 0.3) is 0 Å². The fourth-order valence-corrected chi connectivity index (χ4v) is 4.52. The van der Waals surface area contributed by atoms with Gasteiger partial charge in [0.1, 0.15) is 5.75 Å². The quantitative estimate of drug-likeness (QED) is 0.916. The first-order chi connectivity index (χ1) is 10.6. The maximum atomic E-state index is 13.0. The van der Waals surface area contributed by atoms with Gasteiger partial charge < -0.3 is 10.1 Å². The minimum Gasteiger partial charge on any atom is -0.496 e. The SMILES string of the molecule is COc1ccc(S(=O)(=O)N2CCCNCC2)c2ccccc12.Cl. The van der Waals surface area contributed by atoms with Crippen LogP contribution in [0.2, 0.25) is 0 Å². The fourth-order valence-electron chi connectivity index (χ4n) is 2.85. The van der Waals surface area contributed by atoms with Gasteiger partial charge in [-0.05, 0) is 25.1 Å². The van der Waals surface area contributed by atoms with E-state index in [-0.39, 0.29) is 12.4 Å². The summed E-state index contributed by atoms with van der Waals surface area (Å²) in [5, 5.41) is 4.76. The van der Waals surface area contributed by atoms with Gasteiger partial charge in [0.05, 0.1) is 12.0 Å². The van der Waals surface area contributed by atoms with Crippen molar-refractivity contribution in [2.24, 2.45) is 0 Å². The van der Waals surface area contributed by atoms with Crippen LogP contribution in [0.1, 0.15) is 6.42 Å². The molecule has 2 aromatic carbocycles. The second kappa shape index (κ2) is 7.49. The Hall–Kier alpha value is -1.34. The Morgan fingerprint density at radius 3 is 2.52 bits per heavy atom. The number of hydrogen-bond acceptors (Lipinski definition) is 4. The first-order valence-electron chi connectivity index (χ1n) is 7.41. The average Bonchev–Trinajstić information content (AvgIpc) is 2.83. The van der Waals surface area contributed by atoms with Gasteiger partial charge in [0.15, 0.2) is 0 Å². The molecule has 0 bridgehead atoms. The fraction of sp³-hybridized carbons (Fsp3) is 0.375. The second-order valence-corrected chi connectivity index (χ2v) is 7.23. The molecule has 1 N–H and O–H groups in total. The summed E-state index contributed by atoms with van der Waals surface area (Å²) < 4.78 is 32.9. The van der Waals surface area contributed by atoms with Crippen molar-refractivity contribution in [1.82, 2.24) is 9.62 Å². The van der Waals surface area contributed by atoms with Crippen molar-refractivity contribution in [3.63, 3.8) is 0 Å². The minimum absolute atomic E-state index is 0.